The zero-order valence-electron chi connectivity index (χ0n) is 9.90. The van der Waals surface area contributed by atoms with Crippen molar-refractivity contribution in [3.63, 3.8) is 0 Å². The van der Waals surface area contributed by atoms with Crippen LogP contribution in [0.25, 0.3) is 0 Å². The van der Waals surface area contributed by atoms with Gasteiger partial charge in [0.1, 0.15) is 6.20 Å². The van der Waals surface area contributed by atoms with Crippen LogP contribution >= 0.6 is 0 Å². The van der Waals surface area contributed by atoms with Crippen molar-refractivity contribution in [2.75, 3.05) is 0 Å². The number of hydrogen-bond acceptors (Lipinski definition) is 5. The molecule has 0 fully saturated rings. The van der Waals surface area contributed by atoms with Crippen molar-refractivity contribution >= 4 is 11.6 Å². The van der Waals surface area contributed by atoms with E-state index in [0.717, 1.165) is 10.2 Å². The van der Waals surface area contributed by atoms with Gasteiger partial charge in [-0.05, 0) is 19.4 Å². The van der Waals surface area contributed by atoms with Crippen molar-refractivity contribution in [1.82, 2.24) is 19.6 Å². The lowest BCUT2D eigenvalue weighted by atomic mass is 10.3. The van der Waals surface area contributed by atoms with Crippen molar-refractivity contribution in [3.05, 3.63) is 40.0 Å². The van der Waals surface area contributed by atoms with Crippen molar-refractivity contribution in [2.24, 2.45) is 0 Å². The van der Waals surface area contributed by atoms with Gasteiger partial charge in [0.05, 0.1) is 11.1 Å². The quantitative estimate of drug-likeness (QED) is 0.597. The van der Waals surface area contributed by atoms with Gasteiger partial charge in [0.15, 0.2) is 0 Å². The van der Waals surface area contributed by atoms with E-state index in [9.17, 15) is 14.9 Å². The molecule has 2 aromatic rings. The number of carbonyl (C=O) groups excluding carboxylic acids is 1. The lowest BCUT2D eigenvalue weighted by molar-refractivity contribution is -0.385. The summed E-state index contributed by atoms with van der Waals surface area (Å²) in [5, 5.41) is 18.6. The summed E-state index contributed by atoms with van der Waals surface area (Å²) in [4.78, 5) is 22.3. The molecule has 0 atom stereocenters. The third kappa shape index (κ3) is 1.99. The highest BCUT2D eigenvalue weighted by atomic mass is 16.6. The molecule has 0 N–H and O–H groups in total. The van der Waals surface area contributed by atoms with Crippen LogP contribution in [0.4, 0.5) is 5.69 Å². The Balaban J connectivity index is 2.46. The van der Waals surface area contributed by atoms with Crippen LogP contribution < -0.4 is 0 Å². The van der Waals surface area contributed by atoms with E-state index in [4.69, 9.17) is 0 Å². The molecule has 2 aromatic heterocycles. The lowest BCUT2D eigenvalue weighted by Crippen LogP contribution is -2.15. The van der Waals surface area contributed by atoms with E-state index in [1.807, 2.05) is 0 Å². The van der Waals surface area contributed by atoms with Crippen LogP contribution in [0, 0.1) is 17.0 Å². The van der Waals surface area contributed by atoms with Gasteiger partial charge >= 0.3 is 11.6 Å². The molecule has 18 heavy (non-hydrogen) atoms. The maximum Gasteiger partial charge on any atom is 0.320 e. The number of aryl methyl sites for hydroxylation is 2. The summed E-state index contributed by atoms with van der Waals surface area (Å²) < 4.78 is 2.40. The molecular weight excluding hydrogens is 238 g/mol. The van der Waals surface area contributed by atoms with Gasteiger partial charge in [-0.1, -0.05) is 0 Å². The summed E-state index contributed by atoms with van der Waals surface area (Å²) >= 11 is 0. The Morgan fingerprint density at radius 3 is 2.72 bits per heavy atom. The molecule has 0 aliphatic carbocycles. The molecule has 2 heterocycles. The van der Waals surface area contributed by atoms with Gasteiger partial charge in [-0.25, -0.2) is 4.68 Å². The molecule has 0 unspecified atom stereocenters. The monoisotopic (exact) mass is 249 g/mol. The Morgan fingerprint density at radius 1 is 1.50 bits per heavy atom. The Bertz CT molecular complexity index is 613. The van der Waals surface area contributed by atoms with Crippen LogP contribution in [0.2, 0.25) is 0 Å². The second-order valence-corrected chi connectivity index (χ2v) is 3.74. The molecule has 0 bridgehead atoms. The molecule has 0 amide bonds. The minimum Gasteiger partial charge on any atom is -0.265 e. The molecule has 0 aliphatic heterocycles. The van der Waals surface area contributed by atoms with Crippen LogP contribution in [0.15, 0.2) is 18.6 Å². The number of aromatic nitrogens is 4. The SMILES string of the molecule is CCn1cc([N+](=O)[O-])c(C(=O)n2cc(C)cn2)n1. The van der Waals surface area contributed by atoms with Crippen molar-refractivity contribution in [3.8, 4) is 0 Å². The predicted molar refractivity (Wildman–Crippen MR) is 61.2 cm³/mol. The largest absolute Gasteiger partial charge is 0.320 e. The van der Waals surface area contributed by atoms with Gasteiger partial charge in [0.2, 0.25) is 5.69 Å². The summed E-state index contributed by atoms with van der Waals surface area (Å²) in [6.45, 7) is 4.01. The summed E-state index contributed by atoms with van der Waals surface area (Å²) in [5.74, 6) is -0.609. The number of carbonyl (C=O) groups is 1. The molecule has 8 nitrogen and oxygen atoms in total. The van der Waals surface area contributed by atoms with E-state index in [1.165, 1.54) is 23.3 Å². The standard InChI is InChI=1S/C10H11N5O3/c1-3-13-6-8(15(17)18)9(12-13)10(16)14-5-7(2)4-11-14/h4-6H,3H2,1-2H3. The average Bonchev–Trinajstić information content (AvgIpc) is 2.93. The van der Waals surface area contributed by atoms with Gasteiger partial charge < -0.3 is 0 Å². The van der Waals surface area contributed by atoms with E-state index in [1.54, 1.807) is 13.8 Å². The van der Waals surface area contributed by atoms with Crippen LogP contribution in [0.1, 0.15) is 23.0 Å². The first kappa shape index (κ1) is 12.0. The fourth-order valence-corrected chi connectivity index (χ4v) is 1.49. The highest BCUT2D eigenvalue weighted by molar-refractivity contribution is 5.97. The third-order valence-electron chi connectivity index (χ3n) is 2.39. The van der Waals surface area contributed by atoms with Gasteiger partial charge in [-0.2, -0.15) is 10.2 Å². The second kappa shape index (κ2) is 4.40. The van der Waals surface area contributed by atoms with Gasteiger partial charge in [0, 0.05) is 12.7 Å². The summed E-state index contributed by atoms with van der Waals surface area (Å²) in [6.07, 6.45) is 4.24. The number of hydrogen-bond donors (Lipinski definition) is 0. The Hall–Kier alpha value is -2.51. The molecule has 2 rings (SSSR count). The van der Waals surface area contributed by atoms with E-state index >= 15 is 0 Å². The van der Waals surface area contributed by atoms with Crippen LogP contribution in [-0.2, 0) is 6.54 Å². The Kier molecular flexibility index (Phi) is 2.92. The molecular formula is C10H11N5O3. The fourth-order valence-electron chi connectivity index (χ4n) is 1.49. The van der Waals surface area contributed by atoms with Crippen molar-refractivity contribution in [2.45, 2.75) is 20.4 Å². The zero-order valence-corrected chi connectivity index (χ0v) is 9.90. The summed E-state index contributed by atoms with van der Waals surface area (Å²) in [6, 6.07) is 0. The first-order chi connectivity index (χ1) is 8.52. The van der Waals surface area contributed by atoms with Crippen molar-refractivity contribution < 1.29 is 9.72 Å². The molecule has 0 aromatic carbocycles. The average molecular weight is 249 g/mol. The summed E-state index contributed by atoms with van der Waals surface area (Å²) in [5.41, 5.74) is 0.279. The number of nitrogens with zero attached hydrogens (tertiary/aromatic N) is 5. The zero-order chi connectivity index (χ0) is 13.3. The van der Waals surface area contributed by atoms with E-state index in [2.05, 4.69) is 10.2 Å². The minimum absolute atomic E-state index is 0.204. The first-order valence-electron chi connectivity index (χ1n) is 5.30. The maximum atomic E-state index is 12.0. The fraction of sp³-hybridized carbons (Fsp3) is 0.300. The third-order valence-corrected chi connectivity index (χ3v) is 2.39. The molecule has 0 saturated carbocycles. The highest BCUT2D eigenvalue weighted by Gasteiger charge is 2.26. The molecule has 94 valence electrons. The van der Waals surface area contributed by atoms with Crippen LogP contribution in [0.5, 0.6) is 0 Å². The normalized spacial score (nSPS) is 10.6. The maximum absolute atomic E-state index is 12.0. The van der Waals surface area contributed by atoms with E-state index < -0.39 is 10.8 Å². The van der Waals surface area contributed by atoms with Gasteiger partial charge in [0.25, 0.3) is 0 Å². The topological polar surface area (TPSA) is 95.8 Å². The first-order valence-corrected chi connectivity index (χ1v) is 5.30. The van der Waals surface area contributed by atoms with Crippen molar-refractivity contribution in [1.29, 1.82) is 0 Å². The van der Waals surface area contributed by atoms with E-state index in [0.29, 0.717) is 6.54 Å². The number of nitro groups is 1. The lowest BCUT2D eigenvalue weighted by Gasteiger charge is -1.96. The molecule has 8 heteroatoms. The Morgan fingerprint density at radius 2 is 2.22 bits per heavy atom. The minimum atomic E-state index is -0.622. The summed E-state index contributed by atoms with van der Waals surface area (Å²) in [7, 11) is 0. The predicted octanol–water partition coefficient (Wildman–Crippen LogP) is 1.00. The van der Waals surface area contributed by atoms with Crippen LogP contribution in [0.3, 0.4) is 0 Å². The van der Waals surface area contributed by atoms with Gasteiger partial charge in [-0.3, -0.25) is 19.6 Å². The van der Waals surface area contributed by atoms with Gasteiger partial charge in [-0.15, -0.1) is 0 Å². The van der Waals surface area contributed by atoms with E-state index in [-0.39, 0.29) is 11.4 Å². The van der Waals surface area contributed by atoms with Crippen LogP contribution in [-0.4, -0.2) is 30.4 Å². The molecule has 0 saturated heterocycles. The number of rotatable bonds is 3. The molecule has 0 aliphatic rings. The smallest absolute Gasteiger partial charge is 0.265 e. The molecule has 0 radical (unpaired) electrons. The Labute approximate surface area is 102 Å². The highest BCUT2D eigenvalue weighted by Crippen LogP contribution is 2.17. The molecule has 0 spiro atoms. The second-order valence-electron chi connectivity index (χ2n) is 3.74.